The van der Waals surface area contributed by atoms with Gasteiger partial charge in [-0.25, -0.2) is 0 Å². The first-order chi connectivity index (χ1) is 9.02. The average Bonchev–Trinajstić information content (AvgIpc) is 2.39. The summed E-state index contributed by atoms with van der Waals surface area (Å²) in [6.07, 6.45) is 3.02. The molecule has 1 aromatic heterocycles. The number of aromatic nitrogens is 1. The van der Waals surface area contributed by atoms with Gasteiger partial charge in [-0.1, -0.05) is 26.7 Å². The molecule has 0 saturated heterocycles. The van der Waals surface area contributed by atoms with E-state index in [0.717, 1.165) is 12.8 Å². The molecule has 19 heavy (non-hydrogen) atoms. The number of anilines is 1. The lowest BCUT2D eigenvalue weighted by Crippen LogP contribution is -2.28. The second-order valence-corrected chi connectivity index (χ2v) is 4.36. The zero-order valence-electron chi connectivity index (χ0n) is 11.1. The van der Waals surface area contributed by atoms with E-state index in [4.69, 9.17) is 0 Å². The molecule has 0 N–H and O–H groups in total. The van der Waals surface area contributed by atoms with E-state index in [1.165, 1.54) is 4.90 Å². The van der Waals surface area contributed by atoms with Gasteiger partial charge in [0.25, 0.3) is 11.9 Å². The van der Waals surface area contributed by atoms with Crippen LogP contribution in [0, 0.1) is 23.5 Å². The largest absolute Gasteiger partial charge is 0.367 e. The highest BCUT2D eigenvalue weighted by atomic mass is 19.2. The fourth-order valence-corrected chi connectivity index (χ4v) is 1.79. The molecule has 0 aliphatic heterocycles. The third-order valence-electron chi connectivity index (χ3n) is 2.85. The van der Waals surface area contributed by atoms with Gasteiger partial charge in [0.05, 0.1) is 0 Å². The summed E-state index contributed by atoms with van der Waals surface area (Å²) in [5, 5.41) is 0. The van der Waals surface area contributed by atoms with E-state index in [1.807, 2.05) is 13.8 Å². The maximum atomic E-state index is 13.7. The first-order valence-electron chi connectivity index (χ1n) is 6.47. The van der Waals surface area contributed by atoms with E-state index in [2.05, 4.69) is 4.98 Å². The van der Waals surface area contributed by atoms with Gasteiger partial charge in [-0.3, -0.25) is 0 Å². The lowest BCUT2D eigenvalue weighted by molar-refractivity contribution is 0.405. The number of halogens is 4. The molecule has 0 aliphatic rings. The maximum absolute atomic E-state index is 13.7. The van der Waals surface area contributed by atoms with Crippen LogP contribution in [0.1, 0.15) is 39.5 Å². The normalized spacial score (nSPS) is 10.8. The Hall–Kier alpha value is -1.33. The molecule has 1 aromatic rings. The molecule has 1 heterocycles. The summed E-state index contributed by atoms with van der Waals surface area (Å²) >= 11 is 0. The molecule has 6 heteroatoms. The van der Waals surface area contributed by atoms with Crippen LogP contribution in [-0.4, -0.2) is 18.1 Å². The van der Waals surface area contributed by atoms with E-state index in [0.29, 0.717) is 25.9 Å². The van der Waals surface area contributed by atoms with Crippen molar-refractivity contribution in [2.24, 2.45) is 0 Å². The predicted molar refractivity (Wildman–Crippen MR) is 66.1 cm³/mol. The van der Waals surface area contributed by atoms with Gasteiger partial charge in [0, 0.05) is 13.1 Å². The van der Waals surface area contributed by atoms with Gasteiger partial charge in [-0.05, 0) is 12.8 Å². The zero-order chi connectivity index (χ0) is 14.4. The van der Waals surface area contributed by atoms with Crippen LogP contribution in [0.2, 0.25) is 0 Å². The Balaban J connectivity index is 3.12. The molecule has 0 saturated carbocycles. The van der Waals surface area contributed by atoms with Crippen molar-refractivity contribution in [3.63, 3.8) is 0 Å². The van der Waals surface area contributed by atoms with Crippen LogP contribution in [0.25, 0.3) is 0 Å². The van der Waals surface area contributed by atoms with Crippen LogP contribution < -0.4 is 4.90 Å². The average molecular weight is 278 g/mol. The van der Waals surface area contributed by atoms with Crippen molar-refractivity contribution in [1.29, 1.82) is 0 Å². The van der Waals surface area contributed by atoms with Crippen LogP contribution in [-0.2, 0) is 0 Å². The third kappa shape index (κ3) is 3.81. The third-order valence-corrected chi connectivity index (χ3v) is 2.85. The second-order valence-electron chi connectivity index (χ2n) is 4.36. The smallest absolute Gasteiger partial charge is 0.253 e. The molecular formula is C13H18F4N2. The van der Waals surface area contributed by atoms with Crippen LogP contribution in [0.4, 0.5) is 23.2 Å². The van der Waals surface area contributed by atoms with E-state index in [1.54, 1.807) is 0 Å². The summed E-state index contributed by atoms with van der Waals surface area (Å²) in [4.78, 5) is 3.92. The topological polar surface area (TPSA) is 16.1 Å². The van der Waals surface area contributed by atoms with E-state index >= 15 is 0 Å². The molecule has 108 valence electrons. The Bertz CT molecular complexity index is 389. The number of pyridine rings is 1. The van der Waals surface area contributed by atoms with Crippen molar-refractivity contribution in [2.75, 3.05) is 18.0 Å². The lowest BCUT2D eigenvalue weighted by atomic mass is 10.2. The highest BCUT2D eigenvalue weighted by Crippen LogP contribution is 2.26. The minimum absolute atomic E-state index is 0.354. The van der Waals surface area contributed by atoms with Crippen LogP contribution in [0.5, 0.6) is 0 Å². The molecular weight excluding hydrogens is 260 g/mol. The quantitative estimate of drug-likeness (QED) is 0.552. The van der Waals surface area contributed by atoms with E-state index in [9.17, 15) is 17.6 Å². The van der Waals surface area contributed by atoms with Crippen molar-refractivity contribution in [3.8, 4) is 0 Å². The molecule has 0 spiro atoms. The Labute approximate surface area is 110 Å². The van der Waals surface area contributed by atoms with E-state index < -0.39 is 29.2 Å². The molecule has 0 aliphatic carbocycles. The number of rotatable bonds is 7. The van der Waals surface area contributed by atoms with Gasteiger partial charge in [-0.15, -0.1) is 0 Å². The van der Waals surface area contributed by atoms with E-state index in [-0.39, 0.29) is 0 Å². The molecule has 0 unspecified atom stereocenters. The van der Waals surface area contributed by atoms with Crippen molar-refractivity contribution in [3.05, 3.63) is 23.5 Å². The standard InChI is InChI=1S/C13H18F4N2/c1-3-5-7-19(8-6-4-2)11-9(14)12(16)18-13(17)10(11)15/h3-8H2,1-2H3. The van der Waals surface area contributed by atoms with Crippen molar-refractivity contribution in [1.82, 2.24) is 4.98 Å². The van der Waals surface area contributed by atoms with Crippen LogP contribution in [0.15, 0.2) is 0 Å². The summed E-state index contributed by atoms with van der Waals surface area (Å²) in [6, 6.07) is 0. The molecule has 0 bridgehead atoms. The fraction of sp³-hybridized carbons (Fsp3) is 0.615. The van der Waals surface area contributed by atoms with Gasteiger partial charge >= 0.3 is 0 Å². The van der Waals surface area contributed by atoms with Crippen molar-refractivity contribution >= 4 is 5.69 Å². The minimum Gasteiger partial charge on any atom is -0.367 e. The highest BCUT2D eigenvalue weighted by Gasteiger charge is 2.24. The number of hydrogen-bond acceptors (Lipinski definition) is 2. The monoisotopic (exact) mass is 278 g/mol. The summed E-state index contributed by atoms with van der Waals surface area (Å²) in [5.74, 6) is -6.06. The van der Waals surface area contributed by atoms with Crippen LogP contribution in [0.3, 0.4) is 0 Å². The van der Waals surface area contributed by atoms with Crippen molar-refractivity contribution in [2.45, 2.75) is 39.5 Å². The van der Waals surface area contributed by atoms with Gasteiger partial charge in [0.2, 0.25) is 11.6 Å². The maximum Gasteiger partial charge on any atom is 0.253 e. The molecule has 0 aromatic carbocycles. The Kier molecular flexibility index (Phi) is 6.05. The number of unbranched alkanes of at least 4 members (excludes halogenated alkanes) is 2. The Morgan fingerprint density at radius 1 is 0.842 bits per heavy atom. The summed E-state index contributed by atoms with van der Waals surface area (Å²) < 4.78 is 53.5. The van der Waals surface area contributed by atoms with Gasteiger partial charge in [0.15, 0.2) is 0 Å². The van der Waals surface area contributed by atoms with Crippen LogP contribution >= 0.6 is 0 Å². The molecule has 2 nitrogen and oxygen atoms in total. The summed E-state index contributed by atoms with van der Waals surface area (Å²) in [7, 11) is 0. The first kappa shape index (κ1) is 15.7. The summed E-state index contributed by atoms with van der Waals surface area (Å²) in [5.41, 5.74) is -0.646. The molecule has 0 amide bonds. The van der Waals surface area contributed by atoms with Gasteiger partial charge < -0.3 is 4.90 Å². The predicted octanol–water partition coefficient (Wildman–Crippen LogP) is 4.04. The second kappa shape index (κ2) is 7.31. The van der Waals surface area contributed by atoms with Gasteiger partial charge in [-0.2, -0.15) is 22.5 Å². The van der Waals surface area contributed by atoms with Crippen molar-refractivity contribution < 1.29 is 17.6 Å². The minimum atomic E-state index is -1.60. The summed E-state index contributed by atoms with van der Waals surface area (Å²) in [6.45, 7) is 4.57. The highest BCUT2D eigenvalue weighted by molar-refractivity contribution is 5.48. The van der Waals surface area contributed by atoms with Gasteiger partial charge in [0.1, 0.15) is 5.69 Å². The molecule has 0 atom stereocenters. The fourth-order valence-electron chi connectivity index (χ4n) is 1.79. The molecule has 0 fully saturated rings. The number of hydrogen-bond donors (Lipinski definition) is 0. The Morgan fingerprint density at radius 3 is 1.63 bits per heavy atom. The Morgan fingerprint density at radius 2 is 1.26 bits per heavy atom. The zero-order valence-corrected chi connectivity index (χ0v) is 11.1. The molecule has 1 rings (SSSR count). The first-order valence-corrected chi connectivity index (χ1v) is 6.47. The lowest BCUT2D eigenvalue weighted by Gasteiger charge is -2.25. The molecule has 0 radical (unpaired) electrons. The number of nitrogens with zero attached hydrogens (tertiary/aromatic N) is 2. The SMILES string of the molecule is CCCCN(CCCC)c1c(F)c(F)nc(F)c1F.